The Morgan fingerprint density at radius 3 is 2.26 bits per heavy atom. The molecule has 0 unspecified atom stereocenters. The number of rotatable bonds is 5. The summed E-state index contributed by atoms with van der Waals surface area (Å²) in [6, 6.07) is 23.9. The first-order valence-electron chi connectivity index (χ1n) is 11.0. The van der Waals surface area contributed by atoms with Crippen LogP contribution in [0.3, 0.4) is 0 Å². The molecule has 5 rings (SSSR count). The number of nitrogens with zero attached hydrogens (tertiary/aromatic N) is 3. The average Bonchev–Trinajstić information content (AvgIpc) is 2.91. The number of hydrogen-bond donors (Lipinski definition) is 1. The summed E-state index contributed by atoms with van der Waals surface area (Å²) in [4.78, 5) is 35.0. The predicted molar refractivity (Wildman–Crippen MR) is 133 cm³/mol. The Hall–Kier alpha value is -4.78. The van der Waals surface area contributed by atoms with Crippen LogP contribution < -0.4 is 5.56 Å². The van der Waals surface area contributed by atoms with Crippen LogP contribution in [0.2, 0.25) is 0 Å². The van der Waals surface area contributed by atoms with Crippen LogP contribution in [-0.2, 0) is 11.3 Å². The van der Waals surface area contributed by atoms with Gasteiger partial charge in [0.1, 0.15) is 0 Å². The molecular weight excluding hydrogens is 442 g/mol. The molecule has 0 saturated heterocycles. The van der Waals surface area contributed by atoms with E-state index in [2.05, 4.69) is 9.97 Å². The number of pyridine rings is 3. The molecule has 1 N–H and O–H groups in total. The largest absolute Gasteiger partial charge is 0.505 e. The van der Waals surface area contributed by atoms with Gasteiger partial charge in [-0.25, -0.2) is 9.78 Å². The van der Waals surface area contributed by atoms with Gasteiger partial charge in [-0.3, -0.25) is 9.78 Å². The fourth-order valence-electron chi connectivity index (χ4n) is 4.14. The van der Waals surface area contributed by atoms with E-state index in [1.807, 2.05) is 60.7 Å². The van der Waals surface area contributed by atoms with Crippen molar-refractivity contribution in [3.63, 3.8) is 0 Å². The van der Waals surface area contributed by atoms with Crippen molar-refractivity contribution in [2.75, 3.05) is 7.11 Å². The van der Waals surface area contributed by atoms with Crippen molar-refractivity contribution in [2.24, 2.45) is 0 Å². The first-order chi connectivity index (χ1) is 17.1. The predicted octanol–water partition coefficient (Wildman–Crippen LogP) is 4.67. The van der Waals surface area contributed by atoms with E-state index in [4.69, 9.17) is 4.74 Å². The van der Waals surface area contributed by atoms with Crippen molar-refractivity contribution in [3.8, 4) is 28.1 Å². The van der Waals surface area contributed by atoms with E-state index in [9.17, 15) is 14.7 Å². The molecule has 35 heavy (non-hydrogen) atoms. The van der Waals surface area contributed by atoms with Gasteiger partial charge in [-0.15, -0.1) is 0 Å². The van der Waals surface area contributed by atoms with Crippen LogP contribution in [-0.4, -0.2) is 32.7 Å². The number of methoxy groups -OCH3 is 1. The number of esters is 1. The topological polar surface area (TPSA) is 94.3 Å². The zero-order chi connectivity index (χ0) is 24.4. The minimum atomic E-state index is -0.776. The molecule has 0 aliphatic rings. The van der Waals surface area contributed by atoms with E-state index >= 15 is 0 Å². The minimum Gasteiger partial charge on any atom is -0.505 e. The van der Waals surface area contributed by atoms with Crippen molar-refractivity contribution in [2.45, 2.75) is 6.54 Å². The van der Waals surface area contributed by atoms with Crippen LogP contribution in [0.4, 0.5) is 0 Å². The molecule has 3 heterocycles. The standard InChI is InChI=1S/C28H21N3O4/c1-35-28(34)24-26(32)22-16-21(19-10-6-3-7-11-19)27(33)31(17-18-8-4-2-5-9-18)25(22)23(30-24)20-12-14-29-15-13-20/h2-16,32H,17H2,1H3. The lowest BCUT2D eigenvalue weighted by molar-refractivity contribution is 0.0591. The normalized spacial score (nSPS) is 10.9. The summed E-state index contributed by atoms with van der Waals surface area (Å²) < 4.78 is 6.47. The van der Waals surface area contributed by atoms with Gasteiger partial charge in [-0.2, -0.15) is 0 Å². The van der Waals surface area contributed by atoms with Gasteiger partial charge in [0, 0.05) is 28.9 Å². The second kappa shape index (κ2) is 9.23. The number of carbonyl (C=O) groups is 1. The fourth-order valence-corrected chi connectivity index (χ4v) is 4.14. The zero-order valence-electron chi connectivity index (χ0n) is 18.9. The maximum atomic E-state index is 13.9. The highest BCUT2D eigenvalue weighted by molar-refractivity contribution is 6.04. The summed E-state index contributed by atoms with van der Waals surface area (Å²) in [5.74, 6) is -1.12. The number of benzene rings is 2. The van der Waals surface area contributed by atoms with E-state index in [-0.39, 0.29) is 23.5 Å². The molecule has 7 heteroatoms. The van der Waals surface area contributed by atoms with E-state index in [1.165, 1.54) is 7.11 Å². The van der Waals surface area contributed by atoms with Crippen molar-refractivity contribution in [1.82, 2.24) is 14.5 Å². The molecule has 172 valence electrons. The lowest BCUT2D eigenvalue weighted by Gasteiger charge is -2.18. The molecule has 0 aliphatic carbocycles. The monoisotopic (exact) mass is 463 g/mol. The molecule has 0 aliphatic heterocycles. The third-order valence-electron chi connectivity index (χ3n) is 5.82. The van der Waals surface area contributed by atoms with Crippen LogP contribution in [0.15, 0.2) is 96.1 Å². The van der Waals surface area contributed by atoms with Gasteiger partial charge in [-0.1, -0.05) is 60.7 Å². The number of ether oxygens (including phenoxy) is 1. The quantitative estimate of drug-likeness (QED) is 0.381. The Morgan fingerprint density at radius 2 is 1.60 bits per heavy atom. The van der Waals surface area contributed by atoms with Crippen molar-refractivity contribution < 1.29 is 14.6 Å². The van der Waals surface area contributed by atoms with Gasteiger partial charge in [0.2, 0.25) is 0 Å². The minimum absolute atomic E-state index is 0.226. The lowest BCUT2D eigenvalue weighted by Crippen LogP contribution is -2.24. The SMILES string of the molecule is COC(=O)c1nc(-c2ccncc2)c2c(cc(-c3ccccc3)c(=O)n2Cc2ccccc2)c1O. The van der Waals surface area contributed by atoms with Crippen LogP contribution in [0.5, 0.6) is 5.75 Å². The van der Waals surface area contributed by atoms with E-state index < -0.39 is 5.97 Å². The molecule has 2 aromatic carbocycles. The van der Waals surface area contributed by atoms with Gasteiger partial charge in [0.15, 0.2) is 11.4 Å². The molecule has 0 fully saturated rings. The Balaban J connectivity index is 1.94. The molecule has 0 amide bonds. The fraction of sp³-hybridized carbons (Fsp3) is 0.0714. The summed E-state index contributed by atoms with van der Waals surface area (Å²) in [7, 11) is 1.23. The van der Waals surface area contributed by atoms with Crippen molar-refractivity contribution in [1.29, 1.82) is 0 Å². The molecule has 0 atom stereocenters. The van der Waals surface area contributed by atoms with Crippen molar-refractivity contribution >= 4 is 16.9 Å². The summed E-state index contributed by atoms with van der Waals surface area (Å²) >= 11 is 0. The molecular formula is C28H21N3O4. The highest BCUT2D eigenvalue weighted by atomic mass is 16.5. The third-order valence-corrected chi connectivity index (χ3v) is 5.82. The zero-order valence-corrected chi connectivity index (χ0v) is 18.9. The van der Waals surface area contributed by atoms with E-state index in [0.717, 1.165) is 5.56 Å². The molecule has 0 bridgehead atoms. The average molecular weight is 463 g/mol. The number of carbonyl (C=O) groups excluding carboxylic acids is 1. The maximum Gasteiger partial charge on any atom is 0.360 e. The van der Waals surface area contributed by atoms with Crippen LogP contribution in [0.1, 0.15) is 16.1 Å². The maximum absolute atomic E-state index is 13.9. The Kier molecular flexibility index (Phi) is 5.81. The van der Waals surface area contributed by atoms with Crippen LogP contribution in [0.25, 0.3) is 33.3 Å². The Morgan fingerprint density at radius 1 is 0.943 bits per heavy atom. The van der Waals surface area contributed by atoms with Crippen molar-refractivity contribution in [3.05, 3.63) is 113 Å². The molecule has 7 nitrogen and oxygen atoms in total. The molecule has 3 aromatic heterocycles. The number of hydrogen-bond acceptors (Lipinski definition) is 6. The van der Waals surface area contributed by atoms with Gasteiger partial charge in [0.25, 0.3) is 5.56 Å². The molecule has 0 spiro atoms. The molecule has 5 aromatic rings. The second-order valence-corrected chi connectivity index (χ2v) is 7.95. The van der Waals surface area contributed by atoms with Crippen LogP contribution >= 0.6 is 0 Å². The van der Waals surface area contributed by atoms with Gasteiger partial charge in [-0.05, 0) is 29.3 Å². The van der Waals surface area contributed by atoms with E-state index in [1.54, 1.807) is 35.2 Å². The summed E-state index contributed by atoms with van der Waals surface area (Å²) in [6.07, 6.45) is 3.21. The van der Waals surface area contributed by atoms with Gasteiger partial charge in [0.05, 0.1) is 24.9 Å². The van der Waals surface area contributed by atoms with Gasteiger partial charge < -0.3 is 14.4 Å². The first kappa shape index (κ1) is 22.0. The second-order valence-electron chi connectivity index (χ2n) is 7.95. The van der Waals surface area contributed by atoms with Crippen LogP contribution in [0, 0.1) is 0 Å². The molecule has 0 radical (unpaired) electrons. The van der Waals surface area contributed by atoms with E-state index in [0.29, 0.717) is 33.3 Å². The van der Waals surface area contributed by atoms with Gasteiger partial charge >= 0.3 is 5.97 Å². The summed E-state index contributed by atoms with van der Waals surface area (Å²) in [5, 5.41) is 11.5. The third kappa shape index (κ3) is 4.04. The lowest BCUT2D eigenvalue weighted by atomic mass is 10.0. The highest BCUT2D eigenvalue weighted by Gasteiger charge is 2.25. The Bertz CT molecular complexity index is 1580. The molecule has 0 saturated carbocycles. The first-order valence-corrected chi connectivity index (χ1v) is 11.0. The smallest absolute Gasteiger partial charge is 0.360 e. The number of fused-ring (bicyclic) bond motifs is 1. The summed E-state index contributed by atoms with van der Waals surface area (Å²) in [6.45, 7) is 0.244. The highest BCUT2D eigenvalue weighted by Crippen LogP contribution is 2.36. The summed E-state index contributed by atoms with van der Waals surface area (Å²) in [5.41, 5.74) is 2.95. The number of aromatic hydroxyl groups is 1. The Labute approximate surface area is 200 Å². The number of aromatic nitrogens is 3.